The van der Waals surface area contributed by atoms with Gasteiger partial charge in [-0.3, -0.25) is 4.79 Å². The van der Waals surface area contributed by atoms with Crippen LogP contribution in [0.1, 0.15) is 11.3 Å². The van der Waals surface area contributed by atoms with Crippen molar-refractivity contribution in [2.75, 3.05) is 18.6 Å². The Bertz CT molecular complexity index is 819. The van der Waals surface area contributed by atoms with E-state index in [-0.39, 0.29) is 18.8 Å². The number of carboxylic acid groups (broad SMARTS) is 1. The Balaban J connectivity index is 0.00000243. The second kappa shape index (κ2) is 9.56. The Kier molecular flexibility index (Phi) is 7.44. The fraction of sp³-hybridized carbons (Fsp3) is 0.222. The first-order valence-corrected chi connectivity index (χ1v) is 9.50. The summed E-state index contributed by atoms with van der Waals surface area (Å²) in [5.74, 6) is 0.00287. The van der Waals surface area contributed by atoms with Crippen LogP contribution in [0.15, 0.2) is 47.2 Å². The summed E-state index contributed by atoms with van der Waals surface area (Å²) in [6.07, 6.45) is 0.0861. The number of aromatic nitrogens is 1. The van der Waals surface area contributed by atoms with E-state index in [1.54, 1.807) is 18.4 Å². The molecule has 138 valence electrons. The Morgan fingerprint density at radius 1 is 1.23 bits per heavy atom. The van der Waals surface area contributed by atoms with Gasteiger partial charge >= 0.3 is 5.97 Å². The Labute approximate surface area is 166 Å². The lowest BCUT2D eigenvalue weighted by atomic mass is 10.2. The minimum atomic E-state index is -0.803. The molecule has 0 aliphatic rings. The maximum atomic E-state index is 11.0. The minimum absolute atomic E-state index is 0. The van der Waals surface area contributed by atoms with Crippen LogP contribution >= 0.6 is 35.1 Å². The van der Waals surface area contributed by atoms with Gasteiger partial charge in [-0.1, -0.05) is 6.07 Å². The van der Waals surface area contributed by atoms with Gasteiger partial charge in [0.1, 0.15) is 5.75 Å². The van der Waals surface area contributed by atoms with Gasteiger partial charge < -0.3 is 14.7 Å². The molecule has 5 nitrogen and oxygen atoms in total. The number of halogens is 1. The molecule has 26 heavy (non-hydrogen) atoms. The predicted molar refractivity (Wildman–Crippen MR) is 109 cm³/mol. The summed E-state index contributed by atoms with van der Waals surface area (Å²) in [6, 6.07) is 11.8. The predicted octanol–water partition coefficient (Wildman–Crippen LogP) is 4.78. The second-order valence-electron chi connectivity index (χ2n) is 5.39. The summed E-state index contributed by atoms with van der Waals surface area (Å²) >= 11 is 3.19. The highest BCUT2D eigenvalue weighted by molar-refractivity contribution is 7.14. The first-order valence-electron chi connectivity index (χ1n) is 7.75. The van der Waals surface area contributed by atoms with Gasteiger partial charge in [0.2, 0.25) is 0 Å². The number of hydrogen-bond acceptors (Lipinski definition) is 6. The molecule has 0 bridgehead atoms. The van der Waals surface area contributed by atoms with Crippen molar-refractivity contribution in [1.29, 1.82) is 0 Å². The smallest absolute Gasteiger partial charge is 0.305 e. The van der Waals surface area contributed by atoms with Crippen LogP contribution in [0.4, 0.5) is 5.13 Å². The van der Waals surface area contributed by atoms with Crippen molar-refractivity contribution in [1.82, 2.24) is 4.98 Å². The largest absolute Gasteiger partial charge is 0.497 e. The maximum Gasteiger partial charge on any atom is 0.305 e. The SMILES string of the molecule is COc1ccc(-c2csc(N(CCC(=O)O)Cc3cccs3)n2)cc1.Cl. The van der Waals surface area contributed by atoms with Gasteiger partial charge in [0.15, 0.2) is 5.13 Å². The van der Waals surface area contributed by atoms with Gasteiger partial charge in [0.05, 0.1) is 25.8 Å². The van der Waals surface area contributed by atoms with Gasteiger partial charge in [0.25, 0.3) is 0 Å². The standard InChI is InChI=1S/C18H18N2O3S2.ClH/c1-23-14-6-4-13(5-7-14)16-12-25-18(19-16)20(9-8-17(21)22)11-15-3-2-10-24-15;/h2-7,10,12H,8-9,11H2,1H3,(H,21,22);1H. The van der Waals surface area contributed by atoms with E-state index in [2.05, 4.69) is 6.07 Å². The number of benzene rings is 1. The number of hydrogen-bond donors (Lipinski definition) is 1. The number of carbonyl (C=O) groups is 1. The molecule has 3 rings (SSSR count). The van der Waals surface area contributed by atoms with E-state index in [1.807, 2.05) is 46.0 Å². The molecule has 2 heterocycles. The quantitative estimate of drug-likeness (QED) is 0.578. The molecule has 0 spiro atoms. The van der Waals surface area contributed by atoms with Crippen LogP contribution in [0, 0.1) is 0 Å². The third-order valence-corrected chi connectivity index (χ3v) is 5.43. The first-order chi connectivity index (χ1) is 12.2. The fourth-order valence-corrected chi connectivity index (χ4v) is 3.95. The van der Waals surface area contributed by atoms with Crippen LogP contribution in [0.5, 0.6) is 5.75 Å². The lowest BCUT2D eigenvalue weighted by Gasteiger charge is -2.20. The van der Waals surface area contributed by atoms with Gasteiger partial charge in [-0.2, -0.15) is 0 Å². The van der Waals surface area contributed by atoms with Crippen molar-refractivity contribution in [3.8, 4) is 17.0 Å². The number of thiophene rings is 1. The first kappa shape index (κ1) is 20.2. The van der Waals surface area contributed by atoms with E-state index in [4.69, 9.17) is 14.8 Å². The van der Waals surface area contributed by atoms with Crippen molar-refractivity contribution in [2.45, 2.75) is 13.0 Å². The zero-order chi connectivity index (χ0) is 17.6. The number of thiazole rings is 1. The van der Waals surface area contributed by atoms with E-state index >= 15 is 0 Å². The lowest BCUT2D eigenvalue weighted by molar-refractivity contribution is -0.136. The summed E-state index contributed by atoms with van der Waals surface area (Å²) < 4.78 is 5.18. The van der Waals surface area contributed by atoms with Crippen LogP contribution in [-0.4, -0.2) is 29.7 Å². The summed E-state index contributed by atoms with van der Waals surface area (Å²) in [6.45, 7) is 1.10. The number of ether oxygens (including phenoxy) is 1. The topological polar surface area (TPSA) is 62.7 Å². The number of aliphatic carboxylic acids is 1. The highest BCUT2D eigenvalue weighted by Crippen LogP contribution is 2.30. The van der Waals surface area contributed by atoms with Crippen molar-refractivity contribution in [3.05, 3.63) is 52.0 Å². The van der Waals surface area contributed by atoms with Crippen molar-refractivity contribution in [3.63, 3.8) is 0 Å². The molecule has 0 aliphatic heterocycles. The van der Waals surface area contributed by atoms with Crippen LogP contribution < -0.4 is 9.64 Å². The summed E-state index contributed by atoms with van der Waals surface area (Å²) in [4.78, 5) is 18.9. The van der Waals surface area contributed by atoms with Crippen molar-refractivity contribution in [2.24, 2.45) is 0 Å². The normalized spacial score (nSPS) is 10.2. The molecule has 0 saturated heterocycles. The number of rotatable bonds is 8. The van der Waals surface area contributed by atoms with Crippen molar-refractivity contribution < 1.29 is 14.6 Å². The Hall–Kier alpha value is -2.09. The van der Waals surface area contributed by atoms with E-state index in [0.717, 1.165) is 22.1 Å². The van der Waals surface area contributed by atoms with E-state index in [0.29, 0.717) is 13.1 Å². The van der Waals surface area contributed by atoms with Gasteiger partial charge in [0, 0.05) is 22.4 Å². The Morgan fingerprint density at radius 2 is 2.00 bits per heavy atom. The summed E-state index contributed by atoms with van der Waals surface area (Å²) in [7, 11) is 1.64. The summed E-state index contributed by atoms with van der Waals surface area (Å²) in [5.41, 5.74) is 1.90. The van der Waals surface area contributed by atoms with Crippen LogP contribution in [0.2, 0.25) is 0 Å². The molecule has 0 aliphatic carbocycles. The van der Waals surface area contributed by atoms with Gasteiger partial charge in [-0.05, 0) is 35.7 Å². The van der Waals surface area contributed by atoms with Gasteiger partial charge in [-0.25, -0.2) is 4.98 Å². The molecule has 0 unspecified atom stereocenters. The number of carboxylic acids is 1. The minimum Gasteiger partial charge on any atom is -0.497 e. The van der Waals surface area contributed by atoms with Crippen molar-refractivity contribution >= 4 is 46.2 Å². The third kappa shape index (κ3) is 5.20. The molecule has 0 amide bonds. The average molecular weight is 411 g/mol. The molecule has 1 N–H and O–H groups in total. The number of anilines is 1. The van der Waals surface area contributed by atoms with E-state index in [1.165, 1.54) is 16.2 Å². The van der Waals surface area contributed by atoms with Crippen LogP contribution in [0.25, 0.3) is 11.3 Å². The van der Waals surface area contributed by atoms with Gasteiger partial charge in [-0.15, -0.1) is 35.1 Å². The zero-order valence-corrected chi connectivity index (χ0v) is 16.6. The lowest BCUT2D eigenvalue weighted by Crippen LogP contribution is -2.25. The molecule has 0 saturated carbocycles. The monoisotopic (exact) mass is 410 g/mol. The molecule has 0 atom stereocenters. The number of methoxy groups -OCH3 is 1. The third-order valence-electron chi connectivity index (χ3n) is 3.67. The molecule has 0 radical (unpaired) electrons. The molecule has 2 aromatic heterocycles. The van der Waals surface area contributed by atoms with Crippen LogP contribution in [0.3, 0.4) is 0 Å². The number of nitrogens with zero attached hydrogens (tertiary/aromatic N) is 2. The highest BCUT2D eigenvalue weighted by Gasteiger charge is 2.15. The fourth-order valence-electron chi connectivity index (χ4n) is 2.37. The highest BCUT2D eigenvalue weighted by atomic mass is 35.5. The maximum absolute atomic E-state index is 11.0. The average Bonchev–Trinajstić information content (AvgIpc) is 3.30. The molecular weight excluding hydrogens is 392 g/mol. The molecule has 1 aromatic carbocycles. The molecule has 8 heteroatoms. The molecule has 3 aromatic rings. The van der Waals surface area contributed by atoms with Crippen LogP contribution in [-0.2, 0) is 11.3 Å². The Morgan fingerprint density at radius 3 is 2.62 bits per heavy atom. The zero-order valence-electron chi connectivity index (χ0n) is 14.1. The summed E-state index contributed by atoms with van der Waals surface area (Å²) in [5, 5.41) is 13.9. The molecular formula is C18H19ClN2O3S2. The van der Waals surface area contributed by atoms with E-state index in [9.17, 15) is 4.79 Å². The molecule has 0 fully saturated rings. The van der Waals surface area contributed by atoms with E-state index < -0.39 is 5.97 Å². The second-order valence-corrected chi connectivity index (χ2v) is 7.26.